The molecule has 0 radical (unpaired) electrons. The molecular weight excluding hydrogens is 316 g/mol. The number of nitrogens with one attached hydrogen (secondary N) is 1. The highest BCUT2D eigenvalue weighted by Crippen LogP contribution is 2.16. The number of methoxy groups -OCH3 is 1. The molecule has 0 unspecified atom stereocenters. The average Bonchev–Trinajstić information content (AvgIpc) is 2.56. The Balaban J connectivity index is 1.77. The normalized spacial score (nSPS) is 9.96. The Hall–Kier alpha value is -2.67. The number of nitro groups is 1. The third-order valence-corrected chi connectivity index (χ3v) is 3.33. The summed E-state index contributed by atoms with van der Waals surface area (Å²) < 4.78 is 10.5. The lowest BCUT2D eigenvalue weighted by molar-refractivity contribution is -0.384. The molecule has 0 fully saturated rings. The molecule has 0 bridgehead atoms. The molecule has 0 saturated carbocycles. The zero-order valence-corrected chi connectivity index (χ0v) is 13.3. The van der Waals surface area contributed by atoms with Gasteiger partial charge in [-0.25, -0.2) is 0 Å². The molecule has 7 heteroatoms. The van der Waals surface area contributed by atoms with Crippen molar-refractivity contribution in [3.63, 3.8) is 0 Å². The van der Waals surface area contributed by atoms with Crippen LogP contribution in [-0.4, -0.2) is 23.8 Å². The van der Waals surface area contributed by atoms with Gasteiger partial charge in [-0.2, -0.15) is 0 Å². The molecule has 0 aliphatic carbocycles. The van der Waals surface area contributed by atoms with Gasteiger partial charge >= 0.3 is 0 Å². The quantitative estimate of drug-likeness (QED) is 0.495. The lowest BCUT2D eigenvalue weighted by Crippen LogP contribution is -2.15. The van der Waals surface area contributed by atoms with Gasteiger partial charge in [0.2, 0.25) is 0 Å². The van der Waals surface area contributed by atoms with Gasteiger partial charge in [0.25, 0.3) is 10.9 Å². The number of anilines is 1. The van der Waals surface area contributed by atoms with Crippen molar-refractivity contribution >= 4 is 28.8 Å². The topological polar surface area (TPSA) is 73.6 Å². The highest BCUT2D eigenvalue weighted by atomic mass is 32.1. The number of non-ortho nitro benzene ring substituents is 1. The Bertz CT molecular complexity index is 671. The summed E-state index contributed by atoms with van der Waals surface area (Å²) in [5, 5.41) is 13.7. The van der Waals surface area contributed by atoms with Gasteiger partial charge in [-0.1, -0.05) is 12.1 Å². The van der Waals surface area contributed by atoms with Crippen molar-refractivity contribution in [2.45, 2.75) is 6.42 Å². The number of ether oxygens (including phenoxy) is 2. The van der Waals surface area contributed by atoms with Crippen LogP contribution in [0.25, 0.3) is 0 Å². The van der Waals surface area contributed by atoms with Crippen LogP contribution in [-0.2, 0) is 11.2 Å². The first-order valence-corrected chi connectivity index (χ1v) is 7.30. The first-order valence-electron chi connectivity index (χ1n) is 6.89. The van der Waals surface area contributed by atoms with Crippen LogP contribution >= 0.6 is 12.2 Å². The molecule has 0 aromatic heterocycles. The number of nitro benzene ring substituents is 1. The van der Waals surface area contributed by atoms with Crippen LogP contribution in [0.4, 0.5) is 11.4 Å². The van der Waals surface area contributed by atoms with E-state index in [2.05, 4.69) is 5.32 Å². The van der Waals surface area contributed by atoms with Crippen molar-refractivity contribution in [2.24, 2.45) is 0 Å². The Kier molecular flexibility index (Phi) is 5.87. The average molecular weight is 332 g/mol. The summed E-state index contributed by atoms with van der Waals surface area (Å²) in [4.78, 5) is 10.1. The largest absolute Gasteiger partial charge is 0.497 e. The number of benzene rings is 2. The molecule has 6 nitrogen and oxygen atoms in total. The Morgan fingerprint density at radius 1 is 1.17 bits per heavy atom. The molecule has 0 saturated heterocycles. The van der Waals surface area contributed by atoms with E-state index in [0.29, 0.717) is 18.7 Å². The first kappa shape index (κ1) is 16.7. The SMILES string of the molecule is COc1ccc(CCOC(=S)Nc2ccc([N+](=O)[O-])cc2)cc1. The minimum Gasteiger partial charge on any atom is -0.497 e. The summed E-state index contributed by atoms with van der Waals surface area (Å²) in [7, 11) is 1.63. The molecule has 0 aliphatic heterocycles. The molecule has 0 heterocycles. The third kappa shape index (κ3) is 5.23. The molecule has 0 amide bonds. The Labute approximate surface area is 139 Å². The third-order valence-electron chi connectivity index (χ3n) is 3.11. The predicted molar refractivity (Wildman–Crippen MR) is 92.0 cm³/mol. The predicted octanol–water partition coefficient (Wildman–Crippen LogP) is 3.56. The molecular formula is C16H16N2O4S. The van der Waals surface area contributed by atoms with Gasteiger partial charge in [0.05, 0.1) is 18.6 Å². The standard InChI is InChI=1S/C16H16N2O4S/c1-21-15-8-2-12(3-9-15)10-11-22-16(23)17-13-4-6-14(7-5-13)18(19)20/h2-9H,10-11H2,1H3,(H,17,23). The van der Waals surface area contributed by atoms with Crippen LogP contribution in [0.5, 0.6) is 5.75 Å². The van der Waals surface area contributed by atoms with Gasteiger partial charge < -0.3 is 14.8 Å². The van der Waals surface area contributed by atoms with Gasteiger partial charge in [0, 0.05) is 24.2 Å². The summed E-state index contributed by atoms with van der Waals surface area (Å²) in [6, 6.07) is 13.7. The fourth-order valence-electron chi connectivity index (χ4n) is 1.87. The number of hydrogen-bond acceptors (Lipinski definition) is 5. The molecule has 0 aliphatic rings. The maximum absolute atomic E-state index is 10.6. The number of rotatable bonds is 6. The molecule has 2 aromatic rings. The van der Waals surface area contributed by atoms with Crippen LogP contribution in [0.15, 0.2) is 48.5 Å². The zero-order valence-electron chi connectivity index (χ0n) is 12.5. The van der Waals surface area contributed by atoms with E-state index in [1.165, 1.54) is 12.1 Å². The number of thiocarbonyl (C=S) groups is 1. The summed E-state index contributed by atoms with van der Waals surface area (Å²) in [5.41, 5.74) is 1.79. The highest BCUT2D eigenvalue weighted by molar-refractivity contribution is 7.80. The van der Waals surface area contributed by atoms with Gasteiger partial charge in [-0.15, -0.1) is 0 Å². The molecule has 0 spiro atoms. The van der Waals surface area contributed by atoms with Crippen LogP contribution in [0.2, 0.25) is 0 Å². The zero-order chi connectivity index (χ0) is 16.7. The summed E-state index contributed by atoms with van der Waals surface area (Å²) in [5.74, 6) is 0.810. The molecule has 23 heavy (non-hydrogen) atoms. The van der Waals surface area contributed by atoms with Crippen LogP contribution in [0.1, 0.15) is 5.56 Å². The second kappa shape index (κ2) is 8.09. The monoisotopic (exact) mass is 332 g/mol. The second-order valence-electron chi connectivity index (χ2n) is 4.66. The van der Waals surface area contributed by atoms with Gasteiger partial charge in [-0.05, 0) is 42.0 Å². The van der Waals surface area contributed by atoms with Gasteiger partial charge in [0.15, 0.2) is 0 Å². The van der Waals surface area contributed by atoms with Crippen molar-refractivity contribution in [2.75, 3.05) is 19.0 Å². The van der Waals surface area contributed by atoms with E-state index in [9.17, 15) is 10.1 Å². The number of nitrogens with zero attached hydrogens (tertiary/aromatic N) is 1. The van der Waals surface area contributed by atoms with Crippen LogP contribution in [0, 0.1) is 10.1 Å². The van der Waals surface area contributed by atoms with E-state index in [-0.39, 0.29) is 10.9 Å². The van der Waals surface area contributed by atoms with E-state index in [4.69, 9.17) is 21.7 Å². The maximum atomic E-state index is 10.6. The maximum Gasteiger partial charge on any atom is 0.269 e. The van der Waals surface area contributed by atoms with Crippen molar-refractivity contribution in [1.82, 2.24) is 0 Å². The van der Waals surface area contributed by atoms with Crippen molar-refractivity contribution in [3.8, 4) is 5.75 Å². The Morgan fingerprint density at radius 3 is 2.39 bits per heavy atom. The molecule has 2 aromatic carbocycles. The minimum absolute atomic E-state index is 0.0295. The molecule has 2 rings (SSSR count). The minimum atomic E-state index is -0.451. The molecule has 1 N–H and O–H groups in total. The molecule has 0 atom stereocenters. The van der Waals surface area contributed by atoms with E-state index in [1.54, 1.807) is 19.2 Å². The van der Waals surface area contributed by atoms with E-state index in [0.717, 1.165) is 11.3 Å². The lowest BCUT2D eigenvalue weighted by Gasteiger charge is -2.10. The summed E-state index contributed by atoms with van der Waals surface area (Å²) in [6.07, 6.45) is 0.714. The summed E-state index contributed by atoms with van der Waals surface area (Å²) in [6.45, 7) is 0.436. The fraction of sp³-hybridized carbons (Fsp3) is 0.188. The van der Waals surface area contributed by atoms with E-state index < -0.39 is 4.92 Å². The molecule has 120 valence electrons. The lowest BCUT2D eigenvalue weighted by atomic mass is 10.1. The van der Waals surface area contributed by atoms with E-state index in [1.807, 2.05) is 24.3 Å². The van der Waals surface area contributed by atoms with Crippen molar-refractivity contribution in [1.29, 1.82) is 0 Å². The van der Waals surface area contributed by atoms with Crippen LogP contribution < -0.4 is 10.1 Å². The van der Waals surface area contributed by atoms with Crippen molar-refractivity contribution < 1.29 is 14.4 Å². The number of hydrogen-bond donors (Lipinski definition) is 1. The van der Waals surface area contributed by atoms with Crippen LogP contribution in [0.3, 0.4) is 0 Å². The van der Waals surface area contributed by atoms with Gasteiger partial charge in [-0.3, -0.25) is 10.1 Å². The smallest absolute Gasteiger partial charge is 0.269 e. The first-order chi connectivity index (χ1) is 11.1. The highest BCUT2D eigenvalue weighted by Gasteiger charge is 2.05. The van der Waals surface area contributed by atoms with E-state index >= 15 is 0 Å². The summed E-state index contributed by atoms with van der Waals surface area (Å²) >= 11 is 5.09. The second-order valence-corrected chi connectivity index (χ2v) is 5.03. The van der Waals surface area contributed by atoms with Crippen molar-refractivity contribution in [3.05, 3.63) is 64.2 Å². The fourth-order valence-corrected chi connectivity index (χ4v) is 2.08. The van der Waals surface area contributed by atoms with Gasteiger partial charge in [0.1, 0.15) is 5.75 Å². The Morgan fingerprint density at radius 2 is 1.83 bits per heavy atom.